The van der Waals surface area contributed by atoms with Crippen LogP contribution in [0.4, 0.5) is 0 Å². The fourth-order valence-electron chi connectivity index (χ4n) is 3.87. The molecule has 0 radical (unpaired) electrons. The van der Waals surface area contributed by atoms with Crippen molar-refractivity contribution in [3.8, 4) is 0 Å². The molecular weight excluding hydrogens is 248 g/mol. The molecule has 0 aliphatic heterocycles. The molecule has 4 nitrogen and oxygen atoms in total. The maximum atomic E-state index is 5.79. The molecule has 2 aliphatic carbocycles. The van der Waals surface area contributed by atoms with E-state index in [1.54, 1.807) is 0 Å². The topological polar surface area (TPSA) is 47.1 Å². The Hall–Kier alpha value is -0.870. The Morgan fingerprint density at radius 1 is 1.15 bits per heavy atom. The molecule has 0 aromatic carbocycles. The van der Waals surface area contributed by atoms with Crippen LogP contribution in [0.1, 0.15) is 63.1 Å². The van der Waals surface area contributed by atoms with Crippen LogP contribution >= 0.6 is 0 Å². The summed E-state index contributed by atoms with van der Waals surface area (Å²) in [4.78, 5) is 2.55. The predicted octanol–water partition coefficient (Wildman–Crippen LogP) is 2.70. The Balaban J connectivity index is 1.62. The molecule has 0 saturated heterocycles. The molecule has 4 heteroatoms. The summed E-state index contributed by atoms with van der Waals surface area (Å²) < 4.78 is 2.21. The summed E-state index contributed by atoms with van der Waals surface area (Å²) in [6.45, 7) is 2.72. The molecule has 2 saturated carbocycles. The lowest BCUT2D eigenvalue weighted by Gasteiger charge is -2.27. The van der Waals surface area contributed by atoms with Crippen molar-refractivity contribution in [3.05, 3.63) is 18.0 Å². The van der Waals surface area contributed by atoms with Crippen molar-refractivity contribution in [1.29, 1.82) is 0 Å². The highest BCUT2D eigenvalue weighted by molar-refractivity contribution is 5.01. The summed E-state index contributed by atoms with van der Waals surface area (Å²) in [5, 5.41) is 4.82. The first-order valence-electron chi connectivity index (χ1n) is 8.35. The van der Waals surface area contributed by atoms with E-state index in [0.29, 0.717) is 6.04 Å². The van der Waals surface area contributed by atoms with Crippen LogP contribution in [0.5, 0.6) is 0 Å². The third kappa shape index (κ3) is 3.23. The summed E-state index contributed by atoms with van der Waals surface area (Å²) in [5.74, 6) is 0. The van der Waals surface area contributed by atoms with Gasteiger partial charge in [-0.1, -0.05) is 25.7 Å². The molecule has 2 fully saturated rings. The Morgan fingerprint density at radius 2 is 1.85 bits per heavy atom. The number of hydrogen-bond acceptors (Lipinski definition) is 3. The van der Waals surface area contributed by atoms with Crippen LogP contribution < -0.4 is 5.73 Å². The fraction of sp³-hybridized carbons (Fsp3) is 0.812. The Kier molecular flexibility index (Phi) is 4.73. The first-order valence-corrected chi connectivity index (χ1v) is 8.35. The van der Waals surface area contributed by atoms with Gasteiger partial charge in [-0.2, -0.15) is 5.10 Å². The lowest BCUT2D eigenvalue weighted by atomic mass is 10.2. The van der Waals surface area contributed by atoms with Crippen LogP contribution in [0.15, 0.2) is 12.3 Å². The average molecular weight is 276 g/mol. The van der Waals surface area contributed by atoms with Crippen molar-refractivity contribution in [3.63, 3.8) is 0 Å². The van der Waals surface area contributed by atoms with E-state index < -0.39 is 0 Å². The average Bonchev–Trinajstić information content (AvgIpc) is 3.20. The van der Waals surface area contributed by atoms with Gasteiger partial charge >= 0.3 is 0 Å². The molecule has 2 N–H and O–H groups in total. The Bertz CT molecular complexity index is 402. The zero-order valence-corrected chi connectivity index (χ0v) is 12.5. The summed E-state index contributed by atoms with van der Waals surface area (Å²) >= 11 is 0. The van der Waals surface area contributed by atoms with Gasteiger partial charge in [0.25, 0.3) is 0 Å². The second-order valence-corrected chi connectivity index (χ2v) is 6.42. The lowest BCUT2D eigenvalue weighted by molar-refractivity contribution is 0.192. The number of nitrogens with zero attached hydrogens (tertiary/aromatic N) is 3. The standard InChI is InChI=1S/C16H28N4/c17-10-12-19(15-5-1-2-6-15)13-14-9-11-20(18-14)16-7-3-4-8-16/h9,11,15-16H,1-8,10,12-13,17H2. The van der Waals surface area contributed by atoms with E-state index in [9.17, 15) is 0 Å². The molecule has 0 spiro atoms. The molecule has 0 atom stereocenters. The van der Waals surface area contributed by atoms with Gasteiger partial charge in [0, 0.05) is 31.9 Å². The van der Waals surface area contributed by atoms with Crippen molar-refractivity contribution in [2.45, 2.75) is 70.0 Å². The number of rotatable bonds is 6. The normalized spacial score (nSPS) is 21.3. The van der Waals surface area contributed by atoms with Gasteiger partial charge in [0.05, 0.1) is 11.7 Å². The van der Waals surface area contributed by atoms with Crippen LogP contribution in [0.25, 0.3) is 0 Å². The Labute approximate surface area is 122 Å². The van der Waals surface area contributed by atoms with E-state index in [1.165, 1.54) is 57.1 Å². The fourth-order valence-corrected chi connectivity index (χ4v) is 3.87. The van der Waals surface area contributed by atoms with Crippen LogP contribution in [0.3, 0.4) is 0 Å². The van der Waals surface area contributed by atoms with Crippen LogP contribution in [-0.4, -0.2) is 33.8 Å². The molecule has 0 bridgehead atoms. The minimum atomic E-state index is 0.651. The second kappa shape index (κ2) is 6.72. The third-order valence-corrected chi connectivity index (χ3v) is 4.98. The summed E-state index contributed by atoms with van der Waals surface area (Å²) in [5.41, 5.74) is 7.01. The molecule has 112 valence electrons. The van der Waals surface area contributed by atoms with Gasteiger partial charge in [-0.25, -0.2) is 0 Å². The monoisotopic (exact) mass is 276 g/mol. The van der Waals surface area contributed by atoms with Crippen molar-refractivity contribution in [1.82, 2.24) is 14.7 Å². The van der Waals surface area contributed by atoms with Gasteiger partial charge in [-0.15, -0.1) is 0 Å². The zero-order chi connectivity index (χ0) is 13.8. The van der Waals surface area contributed by atoms with E-state index >= 15 is 0 Å². The van der Waals surface area contributed by atoms with Crippen molar-refractivity contribution in [2.24, 2.45) is 5.73 Å². The van der Waals surface area contributed by atoms with E-state index in [2.05, 4.69) is 21.8 Å². The van der Waals surface area contributed by atoms with Gasteiger partial charge in [-0.3, -0.25) is 9.58 Å². The summed E-state index contributed by atoms with van der Waals surface area (Å²) in [6, 6.07) is 3.59. The summed E-state index contributed by atoms with van der Waals surface area (Å²) in [7, 11) is 0. The van der Waals surface area contributed by atoms with Crippen molar-refractivity contribution >= 4 is 0 Å². The van der Waals surface area contributed by atoms with Crippen LogP contribution in [0.2, 0.25) is 0 Å². The third-order valence-electron chi connectivity index (χ3n) is 4.98. The zero-order valence-electron chi connectivity index (χ0n) is 12.5. The first-order chi connectivity index (χ1) is 9.86. The van der Waals surface area contributed by atoms with Crippen molar-refractivity contribution in [2.75, 3.05) is 13.1 Å². The predicted molar refractivity (Wildman–Crippen MR) is 81.5 cm³/mol. The second-order valence-electron chi connectivity index (χ2n) is 6.42. The SMILES string of the molecule is NCCN(Cc1ccn(C2CCCC2)n1)C1CCCC1. The van der Waals surface area contributed by atoms with Gasteiger partial charge < -0.3 is 5.73 Å². The van der Waals surface area contributed by atoms with Gasteiger partial charge in [0.15, 0.2) is 0 Å². The lowest BCUT2D eigenvalue weighted by Crippen LogP contribution is -2.36. The highest BCUT2D eigenvalue weighted by atomic mass is 15.3. The number of hydrogen-bond donors (Lipinski definition) is 1. The molecule has 3 rings (SSSR count). The smallest absolute Gasteiger partial charge is 0.0765 e. The molecule has 1 aromatic heterocycles. The largest absolute Gasteiger partial charge is 0.329 e. The molecule has 20 heavy (non-hydrogen) atoms. The molecular formula is C16H28N4. The van der Waals surface area contributed by atoms with Gasteiger partial charge in [0.2, 0.25) is 0 Å². The summed E-state index contributed by atoms with van der Waals surface area (Å²) in [6.07, 6.45) is 12.9. The van der Waals surface area contributed by atoms with E-state index in [-0.39, 0.29) is 0 Å². The van der Waals surface area contributed by atoms with Gasteiger partial charge in [0.1, 0.15) is 0 Å². The van der Waals surface area contributed by atoms with E-state index in [0.717, 1.165) is 25.7 Å². The van der Waals surface area contributed by atoms with Crippen molar-refractivity contribution < 1.29 is 0 Å². The molecule has 0 amide bonds. The first kappa shape index (κ1) is 14.1. The highest BCUT2D eigenvalue weighted by Crippen LogP contribution is 2.29. The minimum Gasteiger partial charge on any atom is -0.329 e. The molecule has 1 heterocycles. The Morgan fingerprint density at radius 3 is 2.55 bits per heavy atom. The van der Waals surface area contributed by atoms with E-state index in [1.807, 2.05) is 0 Å². The van der Waals surface area contributed by atoms with Crippen LogP contribution in [-0.2, 0) is 6.54 Å². The number of nitrogens with two attached hydrogens (primary N) is 1. The highest BCUT2D eigenvalue weighted by Gasteiger charge is 2.23. The van der Waals surface area contributed by atoms with E-state index in [4.69, 9.17) is 10.8 Å². The number of aromatic nitrogens is 2. The van der Waals surface area contributed by atoms with Gasteiger partial charge in [-0.05, 0) is 31.7 Å². The molecule has 2 aliphatic rings. The minimum absolute atomic E-state index is 0.651. The molecule has 0 unspecified atom stereocenters. The van der Waals surface area contributed by atoms with Crippen LogP contribution in [0, 0.1) is 0 Å². The molecule has 1 aromatic rings. The maximum absolute atomic E-state index is 5.79. The quantitative estimate of drug-likeness (QED) is 0.869. The maximum Gasteiger partial charge on any atom is 0.0765 e.